The Morgan fingerprint density at radius 2 is 2.22 bits per heavy atom. The molecule has 0 aliphatic carbocycles. The monoisotopic (exact) mass is 329 g/mol. The van der Waals surface area contributed by atoms with Crippen LogP contribution >= 0.6 is 27.5 Å². The third kappa shape index (κ3) is 3.21. The average molecular weight is 331 g/mol. The summed E-state index contributed by atoms with van der Waals surface area (Å²) in [6.45, 7) is 3.71. The van der Waals surface area contributed by atoms with Crippen molar-refractivity contribution >= 4 is 33.4 Å². The molecule has 1 aromatic heterocycles. The minimum atomic E-state index is -0.858. The molecule has 1 N–H and O–H groups in total. The normalized spacial score (nSPS) is 10.8. The summed E-state index contributed by atoms with van der Waals surface area (Å²) in [4.78, 5) is 16.0. The minimum Gasteiger partial charge on any atom is -0.334 e. The Hall–Kier alpha value is -1.12. The van der Waals surface area contributed by atoms with Gasteiger partial charge in [0.25, 0.3) is 5.91 Å². The maximum absolute atomic E-state index is 12.1. The quantitative estimate of drug-likeness (QED) is 0.861. The standard InChI is InChI=1S/C12H13BrClN3O/c1-3-12(4-2,7-15)17-11(18)9-5-8(13)6-16-10(9)14/h5-6H,3-4H2,1-2H3,(H,17,18). The maximum Gasteiger partial charge on any atom is 0.255 e. The topological polar surface area (TPSA) is 65.8 Å². The first kappa shape index (κ1) is 14.9. The molecule has 0 saturated carbocycles. The van der Waals surface area contributed by atoms with E-state index in [2.05, 4.69) is 32.3 Å². The summed E-state index contributed by atoms with van der Waals surface area (Å²) in [7, 11) is 0. The second kappa shape index (κ2) is 6.17. The highest BCUT2D eigenvalue weighted by molar-refractivity contribution is 9.10. The molecule has 1 heterocycles. The summed E-state index contributed by atoms with van der Waals surface area (Å²) in [5, 5.41) is 12.0. The van der Waals surface area contributed by atoms with Crippen molar-refractivity contribution in [3.05, 3.63) is 27.5 Å². The molecule has 18 heavy (non-hydrogen) atoms. The summed E-state index contributed by atoms with van der Waals surface area (Å²) in [5.74, 6) is -0.390. The zero-order chi connectivity index (χ0) is 13.8. The van der Waals surface area contributed by atoms with Crippen molar-refractivity contribution in [2.24, 2.45) is 0 Å². The van der Waals surface area contributed by atoms with E-state index in [1.54, 1.807) is 6.07 Å². The van der Waals surface area contributed by atoms with Gasteiger partial charge in [-0.15, -0.1) is 0 Å². The van der Waals surface area contributed by atoms with Crippen LogP contribution in [0, 0.1) is 11.3 Å². The van der Waals surface area contributed by atoms with Crippen LogP contribution in [0.1, 0.15) is 37.0 Å². The molecule has 0 atom stereocenters. The van der Waals surface area contributed by atoms with Gasteiger partial charge < -0.3 is 5.32 Å². The molecule has 0 unspecified atom stereocenters. The molecule has 4 nitrogen and oxygen atoms in total. The molecule has 0 spiro atoms. The van der Waals surface area contributed by atoms with Crippen LogP contribution in [0.2, 0.25) is 5.15 Å². The van der Waals surface area contributed by atoms with Gasteiger partial charge in [0, 0.05) is 10.7 Å². The first-order chi connectivity index (χ1) is 8.48. The molecule has 0 aliphatic heterocycles. The minimum absolute atomic E-state index is 0.120. The Kier molecular flexibility index (Phi) is 5.12. The SMILES string of the molecule is CCC(C#N)(CC)NC(=O)c1cc(Br)cnc1Cl. The number of halogens is 2. The van der Waals surface area contributed by atoms with Crippen molar-refractivity contribution in [2.45, 2.75) is 32.2 Å². The van der Waals surface area contributed by atoms with E-state index in [0.717, 1.165) is 0 Å². The lowest BCUT2D eigenvalue weighted by Gasteiger charge is -2.25. The summed E-state index contributed by atoms with van der Waals surface area (Å²) < 4.78 is 0.660. The van der Waals surface area contributed by atoms with Gasteiger partial charge in [0.05, 0.1) is 11.6 Å². The van der Waals surface area contributed by atoms with Crippen molar-refractivity contribution in [3.63, 3.8) is 0 Å². The van der Waals surface area contributed by atoms with Crippen LogP contribution in [0.25, 0.3) is 0 Å². The van der Waals surface area contributed by atoms with Gasteiger partial charge in [-0.05, 0) is 34.8 Å². The smallest absolute Gasteiger partial charge is 0.255 e. The number of rotatable bonds is 4. The number of pyridine rings is 1. The van der Waals surface area contributed by atoms with Crippen molar-refractivity contribution in [1.82, 2.24) is 10.3 Å². The van der Waals surface area contributed by atoms with Gasteiger partial charge in [0.2, 0.25) is 0 Å². The molecular weight excluding hydrogens is 318 g/mol. The summed E-state index contributed by atoms with van der Waals surface area (Å²) in [5.41, 5.74) is -0.601. The molecule has 0 aliphatic rings. The third-order valence-corrected chi connectivity index (χ3v) is 3.56. The van der Waals surface area contributed by atoms with Gasteiger partial charge >= 0.3 is 0 Å². The summed E-state index contributed by atoms with van der Waals surface area (Å²) in [6.07, 6.45) is 2.58. The molecule has 0 fully saturated rings. The van der Waals surface area contributed by atoms with Crippen LogP contribution in [0.3, 0.4) is 0 Å². The number of hydrogen-bond acceptors (Lipinski definition) is 3. The second-order valence-electron chi connectivity index (χ2n) is 3.85. The molecule has 0 aromatic carbocycles. The average Bonchev–Trinajstić information content (AvgIpc) is 2.38. The molecule has 96 valence electrons. The predicted octanol–water partition coefficient (Wildman–Crippen LogP) is 3.31. The van der Waals surface area contributed by atoms with Crippen molar-refractivity contribution in [2.75, 3.05) is 0 Å². The number of hydrogen-bond donors (Lipinski definition) is 1. The van der Waals surface area contributed by atoms with Gasteiger partial charge in [-0.1, -0.05) is 25.4 Å². The Bertz CT molecular complexity index is 495. The molecule has 0 radical (unpaired) electrons. The zero-order valence-corrected chi connectivity index (χ0v) is 12.5. The van der Waals surface area contributed by atoms with Crippen LogP contribution in [0.5, 0.6) is 0 Å². The number of nitriles is 1. The number of nitrogens with zero attached hydrogens (tertiary/aromatic N) is 2. The fourth-order valence-electron chi connectivity index (χ4n) is 1.48. The van der Waals surface area contributed by atoms with E-state index in [4.69, 9.17) is 11.6 Å². The van der Waals surface area contributed by atoms with E-state index in [-0.39, 0.29) is 16.6 Å². The van der Waals surface area contributed by atoms with E-state index in [1.165, 1.54) is 6.20 Å². The molecular formula is C12H13BrClN3O. The number of carbonyl (C=O) groups excluding carboxylic acids is 1. The van der Waals surface area contributed by atoms with Crippen LogP contribution < -0.4 is 5.32 Å². The summed E-state index contributed by atoms with van der Waals surface area (Å²) in [6, 6.07) is 3.72. The van der Waals surface area contributed by atoms with Crippen molar-refractivity contribution in [1.29, 1.82) is 5.26 Å². The maximum atomic E-state index is 12.1. The second-order valence-corrected chi connectivity index (χ2v) is 5.12. The van der Waals surface area contributed by atoms with Gasteiger partial charge in [0.1, 0.15) is 10.7 Å². The Morgan fingerprint density at radius 3 is 2.72 bits per heavy atom. The number of aromatic nitrogens is 1. The lowest BCUT2D eigenvalue weighted by molar-refractivity contribution is 0.0915. The molecule has 0 bridgehead atoms. The van der Waals surface area contributed by atoms with Gasteiger partial charge in [-0.25, -0.2) is 4.98 Å². The fourth-order valence-corrected chi connectivity index (χ4v) is 2.00. The highest BCUT2D eigenvalue weighted by Crippen LogP contribution is 2.20. The lowest BCUT2D eigenvalue weighted by atomic mass is 9.94. The highest BCUT2D eigenvalue weighted by atomic mass is 79.9. The summed E-state index contributed by atoms with van der Waals surface area (Å²) >= 11 is 9.10. The first-order valence-corrected chi connectivity index (χ1v) is 6.70. The Labute approximate surface area is 119 Å². The Morgan fingerprint density at radius 1 is 1.61 bits per heavy atom. The highest BCUT2D eigenvalue weighted by Gasteiger charge is 2.29. The van der Waals surface area contributed by atoms with Gasteiger partial charge in [0.15, 0.2) is 0 Å². The van der Waals surface area contributed by atoms with Crippen LogP contribution in [-0.2, 0) is 0 Å². The van der Waals surface area contributed by atoms with Gasteiger partial charge in [-0.3, -0.25) is 4.79 Å². The number of nitrogens with one attached hydrogen (secondary N) is 1. The van der Waals surface area contributed by atoms with E-state index in [0.29, 0.717) is 17.3 Å². The number of amides is 1. The molecule has 1 aromatic rings. The molecule has 0 saturated heterocycles. The van der Waals surface area contributed by atoms with Crippen LogP contribution in [0.4, 0.5) is 0 Å². The van der Waals surface area contributed by atoms with Gasteiger partial charge in [-0.2, -0.15) is 5.26 Å². The Balaban J connectivity index is 3.02. The van der Waals surface area contributed by atoms with Crippen molar-refractivity contribution < 1.29 is 4.79 Å². The lowest BCUT2D eigenvalue weighted by Crippen LogP contribution is -2.46. The molecule has 6 heteroatoms. The van der Waals surface area contributed by atoms with Crippen molar-refractivity contribution in [3.8, 4) is 6.07 Å². The first-order valence-electron chi connectivity index (χ1n) is 5.52. The van der Waals surface area contributed by atoms with Crippen LogP contribution in [-0.4, -0.2) is 16.4 Å². The third-order valence-electron chi connectivity index (χ3n) is 2.82. The number of carbonyl (C=O) groups is 1. The fraction of sp³-hybridized carbons (Fsp3) is 0.417. The predicted molar refractivity (Wildman–Crippen MR) is 73.3 cm³/mol. The zero-order valence-electron chi connectivity index (χ0n) is 10.1. The molecule has 1 amide bonds. The largest absolute Gasteiger partial charge is 0.334 e. The van der Waals surface area contributed by atoms with E-state index < -0.39 is 5.54 Å². The molecule has 1 rings (SSSR count). The van der Waals surface area contributed by atoms with E-state index in [9.17, 15) is 10.1 Å². The van der Waals surface area contributed by atoms with E-state index >= 15 is 0 Å². The van der Waals surface area contributed by atoms with E-state index in [1.807, 2.05) is 13.8 Å². The van der Waals surface area contributed by atoms with Crippen LogP contribution in [0.15, 0.2) is 16.7 Å².